The van der Waals surface area contributed by atoms with Gasteiger partial charge in [0.2, 0.25) is 0 Å². The van der Waals surface area contributed by atoms with E-state index in [1.807, 2.05) is 24.3 Å². The lowest BCUT2D eigenvalue weighted by molar-refractivity contribution is 0.103. The highest BCUT2D eigenvalue weighted by molar-refractivity contribution is 7.16. The van der Waals surface area contributed by atoms with Gasteiger partial charge >= 0.3 is 0 Å². The first-order chi connectivity index (χ1) is 8.75. The van der Waals surface area contributed by atoms with Crippen LogP contribution in [0.4, 0.5) is 0 Å². The van der Waals surface area contributed by atoms with Gasteiger partial charge in [0.25, 0.3) is 0 Å². The molecule has 0 bridgehead atoms. The van der Waals surface area contributed by atoms with Gasteiger partial charge in [0.05, 0.1) is 20.7 Å². The number of carbonyl (C=O) groups excluding carboxylic acids is 1. The zero-order chi connectivity index (χ0) is 12.5. The van der Waals surface area contributed by atoms with Gasteiger partial charge in [0.1, 0.15) is 0 Å². The van der Waals surface area contributed by atoms with Gasteiger partial charge in [-0.25, -0.2) is 4.98 Å². The van der Waals surface area contributed by atoms with Crippen LogP contribution in [0.3, 0.4) is 0 Å². The Kier molecular flexibility index (Phi) is 2.86. The third kappa shape index (κ3) is 1.92. The number of ketones is 1. The zero-order valence-electron chi connectivity index (χ0n) is 9.26. The van der Waals surface area contributed by atoms with E-state index in [1.165, 1.54) is 11.3 Å². The van der Waals surface area contributed by atoms with E-state index in [1.54, 1.807) is 23.7 Å². The Morgan fingerprint density at radius 1 is 1.17 bits per heavy atom. The van der Waals surface area contributed by atoms with Crippen LogP contribution < -0.4 is 0 Å². The minimum Gasteiger partial charge on any atom is -0.289 e. The topological polar surface area (TPSA) is 30.0 Å². The molecule has 0 amide bonds. The van der Waals surface area contributed by atoms with Crippen molar-refractivity contribution in [3.63, 3.8) is 0 Å². The molecule has 3 rings (SSSR count). The van der Waals surface area contributed by atoms with Crippen LogP contribution >= 0.6 is 22.9 Å². The Labute approximate surface area is 113 Å². The fourth-order valence-corrected chi connectivity index (χ4v) is 2.74. The second-order valence-corrected chi connectivity index (χ2v) is 5.14. The van der Waals surface area contributed by atoms with Crippen molar-refractivity contribution in [2.24, 2.45) is 0 Å². The van der Waals surface area contributed by atoms with Gasteiger partial charge in [0.15, 0.2) is 5.78 Å². The number of rotatable bonds is 2. The van der Waals surface area contributed by atoms with Crippen molar-refractivity contribution in [3.05, 3.63) is 64.1 Å². The molecule has 0 saturated carbocycles. The molecule has 1 aromatic heterocycles. The Hall–Kier alpha value is -1.71. The second kappa shape index (κ2) is 4.52. The number of hydrogen-bond donors (Lipinski definition) is 0. The Morgan fingerprint density at radius 3 is 2.83 bits per heavy atom. The van der Waals surface area contributed by atoms with E-state index in [0.29, 0.717) is 16.1 Å². The predicted molar refractivity (Wildman–Crippen MR) is 74.5 cm³/mol. The molecule has 88 valence electrons. The van der Waals surface area contributed by atoms with Gasteiger partial charge in [-0.05, 0) is 30.3 Å². The van der Waals surface area contributed by atoms with Crippen LogP contribution in [0.15, 0.2) is 48.0 Å². The molecule has 2 nitrogen and oxygen atoms in total. The monoisotopic (exact) mass is 273 g/mol. The van der Waals surface area contributed by atoms with Gasteiger partial charge in [0, 0.05) is 11.1 Å². The summed E-state index contributed by atoms with van der Waals surface area (Å²) in [6, 6.07) is 12.6. The fraction of sp³-hybridized carbons (Fsp3) is 0. The minimum atomic E-state index is -0.0594. The molecule has 0 aliphatic heterocycles. The van der Waals surface area contributed by atoms with Crippen molar-refractivity contribution in [3.8, 4) is 0 Å². The molecule has 1 heterocycles. The summed E-state index contributed by atoms with van der Waals surface area (Å²) >= 11 is 7.56. The van der Waals surface area contributed by atoms with Crippen LogP contribution in [0.2, 0.25) is 5.02 Å². The Bertz CT molecular complexity index is 735. The van der Waals surface area contributed by atoms with Crippen LogP contribution in [0, 0.1) is 0 Å². The summed E-state index contributed by atoms with van der Waals surface area (Å²) < 4.78 is 1.01. The van der Waals surface area contributed by atoms with E-state index in [-0.39, 0.29) is 5.78 Å². The minimum absolute atomic E-state index is 0.0594. The number of fused-ring (bicyclic) bond motifs is 1. The molecule has 2 aromatic carbocycles. The average molecular weight is 274 g/mol. The summed E-state index contributed by atoms with van der Waals surface area (Å²) in [5, 5.41) is 0.479. The van der Waals surface area contributed by atoms with E-state index in [4.69, 9.17) is 11.6 Å². The van der Waals surface area contributed by atoms with Crippen molar-refractivity contribution in [2.75, 3.05) is 0 Å². The van der Waals surface area contributed by atoms with E-state index in [2.05, 4.69) is 4.98 Å². The number of aromatic nitrogens is 1. The van der Waals surface area contributed by atoms with Crippen molar-refractivity contribution in [1.29, 1.82) is 0 Å². The average Bonchev–Trinajstić information content (AvgIpc) is 2.85. The van der Waals surface area contributed by atoms with Crippen molar-refractivity contribution < 1.29 is 4.79 Å². The number of benzene rings is 2. The van der Waals surface area contributed by atoms with Gasteiger partial charge < -0.3 is 0 Å². The molecule has 0 saturated heterocycles. The Morgan fingerprint density at radius 2 is 2.00 bits per heavy atom. The lowest BCUT2D eigenvalue weighted by Crippen LogP contribution is -2.01. The molecule has 0 atom stereocenters. The molecular formula is C14H8ClNOS. The zero-order valence-corrected chi connectivity index (χ0v) is 10.8. The molecule has 18 heavy (non-hydrogen) atoms. The summed E-state index contributed by atoms with van der Waals surface area (Å²) in [6.07, 6.45) is 0. The predicted octanol–water partition coefficient (Wildman–Crippen LogP) is 4.18. The molecule has 3 aromatic rings. The molecule has 0 unspecified atom stereocenters. The van der Waals surface area contributed by atoms with Gasteiger partial charge in [-0.3, -0.25) is 4.79 Å². The largest absolute Gasteiger partial charge is 0.289 e. The third-order valence-electron chi connectivity index (χ3n) is 2.71. The van der Waals surface area contributed by atoms with Crippen LogP contribution in [0.25, 0.3) is 10.2 Å². The molecule has 0 N–H and O–H groups in total. The molecular weight excluding hydrogens is 266 g/mol. The first kappa shape index (κ1) is 11.4. The quantitative estimate of drug-likeness (QED) is 0.656. The summed E-state index contributed by atoms with van der Waals surface area (Å²) in [4.78, 5) is 16.5. The van der Waals surface area contributed by atoms with Crippen molar-refractivity contribution >= 4 is 38.9 Å². The maximum absolute atomic E-state index is 12.3. The number of carbonyl (C=O) groups is 1. The van der Waals surface area contributed by atoms with Crippen LogP contribution in [0.5, 0.6) is 0 Å². The number of hydrogen-bond acceptors (Lipinski definition) is 3. The maximum Gasteiger partial charge on any atom is 0.194 e. The van der Waals surface area contributed by atoms with Crippen LogP contribution in [-0.2, 0) is 0 Å². The molecule has 0 aliphatic carbocycles. The van der Waals surface area contributed by atoms with Gasteiger partial charge in [-0.1, -0.05) is 23.7 Å². The summed E-state index contributed by atoms with van der Waals surface area (Å²) in [5.41, 5.74) is 3.85. The molecule has 4 heteroatoms. The lowest BCUT2D eigenvalue weighted by Gasteiger charge is -2.03. The summed E-state index contributed by atoms with van der Waals surface area (Å²) in [5.74, 6) is -0.0594. The highest BCUT2D eigenvalue weighted by Gasteiger charge is 2.13. The van der Waals surface area contributed by atoms with Crippen LogP contribution in [0.1, 0.15) is 15.9 Å². The number of halogens is 1. The first-order valence-electron chi connectivity index (χ1n) is 5.38. The molecule has 0 fully saturated rings. The first-order valence-corrected chi connectivity index (χ1v) is 6.64. The number of thiazole rings is 1. The molecule has 0 spiro atoms. The highest BCUT2D eigenvalue weighted by atomic mass is 35.5. The van der Waals surface area contributed by atoms with E-state index in [0.717, 1.165) is 10.2 Å². The van der Waals surface area contributed by atoms with E-state index in [9.17, 15) is 4.79 Å². The lowest BCUT2D eigenvalue weighted by atomic mass is 10.0. The summed E-state index contributed by atoms with van der Waals surface area (Å²) in [6.45, 7) is 0. The van der Waals surface area contributed by atoms with Crippen molar-refractivity contribution in [2.45, 2.75) is 0 Å². The smallest absolute Gasteiger partial charge is 0.194 e. The number of nitrogens with zero attached hydrogens (tertiary/aromatic N) is 1. The second-order valence-electron chi connectivity index (χ2n) is 3.84. The van der Waals surface area contributed by atoms with E-state index >= 15 is 0 Å². The third-order valence-corrected chi connectivity index (χ3v) is 3.83. The normalized spacial score (nSPS) is 10.7. The maximum atomic E-state index is 12.3. The SMILES string of the molecule is O=C(c1ccc2ncsc2c1)c1ccccc1Cl. The van der Waals surface area contributed by atoms with Crippen molar-refractivity contribution in [1.82, 2.24) is 4.98 Å². The standard InChI is InChI=1S/C14H8ClNOS/c15-11-4-2-1-3-10(11)14(17)9-5-6-12-13(7-9)18-8-16-12/h1-8H. The van der Waals surface area contributed by atoms with E-state index < -0.39 is 0 Å². The van der Waals surface area contributed by atoms with Crippen LogP contribution in [-0.4, -0.2) is 10.8 Å². The Balaban J connectivity index is 2.09. The molecule has 0 radical (unpaired) electrons. The molecule has 0 aliphatic rings. The summed E-state index contributed by atoms with van der Waals surface area (Å²) in [7, 11) is 0. The highest BCUT2D eigenvalue weighted by Crippen LogP contribution is 2.23. The fourth-order valence-electron chi connectivity index (χ4n) is 1.80. The van der Waals surface area contributed by atoms with Gasteiger partial charge in [-0.2, -0.15) is 0 Å². The van der Waals surface area contributed by atoms with Gasteiger partial charge in [-0.15, -0.1) is 11.3 Å².